The fourth-order valence-corrected chi connectivity index (χ4v) is 6.83. The molecule has 1 aromatic rings. The number of ketones is 2. The third-order valence-corrected chi connectivity index (χ3v) is 8.89. The molecule has 3 amide bonds. The largest absolute Gasteiger partial charge is 0.510 e. The second-order valence-corrected chi connectivity index (χ2v) is 12.5. The number of Topliss-reactive ketones (excluding diaryl/α,β-unsaturated/α-hetero) is 2. The number of aliphatic hydroxyl groups is 4. The highest BCUT2D eigenvalue weighted by Gasteiger charge is 2.67. The van der Waals surface area contributed by atoms with E-state index in [1.54, 1.807) is 6.92 Å². The Balaban J connectivity index is 1.74. The second-order valence-electron chi connectivity index (χ2n) is 12.5. The van der Waals surface area contributed by atoms with Gasteiger partial charge in [0.25, 0.3) is 5.91 Å². The van der Waals surface area contributed by atoms with Crippen LogP contribution in [0.25, 0.3) is 0 Å². The molecule has 1 aromatic carbocycles. The van der Waals surface area contributed by atoms with Crippen LogP contribution in [-0.4, -0.2) is 104 Å². The van der Waals surface area contributed by atoms with Crippen molar-refractivity contribution in [1.82, 2.24) is 10.2 Å². The Labute approximate surface area is 258 Å². The average molecular weight is 630 g/mol. The minimum Gasteiger partial charge on any atom is -0.510 e. The molecule has 7 atom stereocenters. The highest BCUT2D eigenvalue weighted by Crippen LogP contribution is 2.56. The van der Waals surface area contributed by atoms with Gasteiger partial charge in [-0.05, 0) is 44.0 Å². The number of primary amides is 1. The maximum atomic E-state index is 13.9. The van der Waals surface area contributed by atoms with Crippen LogP contribution in [0.4, 0.5) is 5.69 Å². The van der Waals surface area contributed by atoms with E-state index >= 15 is 0 Å². The first-order valence-electron chi connectivity index (χ1n) is 14.4. The van der Waals surface area contributed by atoms with E-state index in [9.17, 15) is 49.5 Å². The number of carbonyl (C=O) groups excluding carboxylic acids is 5. The zero-order valence-electron chi connectivity index (χ0n) is 25.5. The Morgan fingerprint density at radius 1 is 1.11 bits per heavy atom. The number of amides is 3. The Kier molecular flexibility index (Phi) is 8.87. The lowest BCUT2D eigenvalue weighted by Gasteiger charge is -2.53. The van der Waals surface area contributed by atoms with Crippen molar-refractivity contribution in [3.05, 3.63) is 45.9 Å². The number of nitrogens with two attached hydrogens (primary N) is 2. The van der Waals surface area contributed by atoms with Gasteiger partial charge in [0, 0.05) is 11.5 Å². The normalized spacial score (nSPS) is 28.4. The number of rotatable bonds is 8. The van der Waals surface area contributed by atoms with Crippen LogP contribution in [0, 0.1) is 17.8 Å². The van der Waals surface area contributed by atoms with E-state index in [0.717, 1.165) is 0 Å². The van der Waals surface area contributed by atoms with Gasteiger partial charge in [0.05, 0.1) is 41.9 Å². The number of likely N-dealkylation sites (N-methyl/N-ethyl adjacent to an activating group) is 1. The SMILES string of the molecule is CC(C)CC(N)C(=O)NCC(=O)Nc1ccc2c(c1O)C(=O)C1=C(O)C3(O)C(=O)C(C(N)=O)=C(O)C(N(C)C)C3C(O)C1C2C. The van der Waals surface area contributed by atoms with Crippen molar-refractivity contribution in [3.63, 3.8) is 0 Å². The first-order valence-corrected chi connectivity index (χ1v) is 14.4. The third-order valence-electron chi connectivity index (χ3n) is 8.89. The molecule has 3 aliphatic rings. The van der Waals surface area contributed by atoms with Gasteiger partial charge in [-0.2, -0.15) is 0 Å². The van der Waals surface area contributed by atoms with Crippen LogP contribution in [0.3, 0.4) is 0 Å². The van der Waals surface area contributed by atoms with Crippen LogP contribution >= 0.6 is 0 Å². The summed E-state index contributed by atoms with van der Waals surface area (Å²) in [6.45, 7) is 4.88. The number of aliphatic hydroxyl groups excluding tert-OH is 3. The number of phenolic OH excluding ortho intramolecular Hbond substituents is 1. The Bertz CT molecular complexity index is 1550. The highest BCUT2D eigenvalue weighted by molar-refractivity contribution is 6.25. The fourth-order valence-electron chi connectivity index (χ4n) is 6.83. The number of hydrogen-bond donors (Lipinski definition) is 9. The predicted molar refractivity (Wildman–Crippen MR) is 159 cm³/mol. The summed E-state index contributed by atoms with van der Waals surface area (Å²) in [5.41, 5.74) is 6.20. The van der Waals surface area contributed by atoms with E-state index < -0.39 is 106 Å². The standard InChI is InChI=1S/C30H39N5O10/c1-10(2)8-13(31)29(44)33-9-15(36)34-14-7-6-12-11(3)16-18(23(38)17(12)22(14)37)26(41)30(45)20(24(16)39)21(35(4)5)25(40)19(27(30)42)28(32)43/h6-7,10-11,13,16,20-21,24,37,39-41,45H,8-9,31H2,1-5H3,(H2,32,43)(H,33,44)(H,34,36). The lowest BCUT2D eigenvalue weighted by atomic mass is 9.55. The Hall–Kier alpha value is -4.31. The van der Waals surface area contributed by atoms with Gasteiger partial charge in [-0.3, -0.25) is 28.9 Å². The number of nitrogens with one attached hydrogen (secondary N) is 2. The molecule has 15 nitrogen and oxygen atoms in total. The summed E-state index contributed by atoms with van der Waals surface area (Å²) in [6, 6.07) is 0.557. The molecule has 4 rings (SSSR count). The molecule has 244 valence electrons. The smallest absolute Gasteiger partial charge is 0.255 e. The zero-order chi connectivity index (χ0) is 33.9. The monoisotopic (exact) mass is 629 g/mol. The molecule has 0 saturated carbocycles. The lowest BCUT2D eigenvalue weighted by Crippen LogP contribution is -2.68. The van der Waals surface area contributed by atoms with E-state index in [0.29, 0.717) is 6.42 Å². The van der Waals surface area contributed by atoms with Crippen molar-refractivity contribution in [3.8, 4) is 5.75 Å². The minimum atomic E-state index is -3.04. The van der Waals surface area contributed by atoms with Crippen molar-refractivity contribution >= 4 is 35.0 Å². The molecule has 15 heteroatoms. The van der Waals surface area contributed by atoms with E-state index in [-0.39, 0.29) is 22.7 Å². The lowest BCUT2D eigenvalue weighted by molar-refractivity contribution is -0.162. The number of phenols is 1. The molecule has 0 fully saturated rings. The molecular weight excluding hydrogens is 590 g/mol. The summed E-state index contributed by atoms with van der Waals surface area (Å²) in [7, 11) is 2.89. The number of benzene rings is 1. The molecular formula is C30H39N5O10. The van der Waals surface area contributed by atoms with Gasteiger partial charge >= 0.3 is 0 Å². The van der Waals surface area contributed by atoms with E-state index in [1.165, 1.54) is 31.1 Å². The van der Waals surface area contributed by atoms with E-state index in [2.05, 4.69) is 10.6 Å². The number of fused-ring (bicyclic) bond motifs is 3. The molecule has 0 aliphatic heterocycles. The molecule has 0 radical (unpaired) electrons. The molecule has 0 saturated heterocycles. The van der Waals surface area contributed by atoms with Crippen molar-refractivity contribution in [2.24, 2.45) is 29.2 Å². The van der Waals surface area contributed by atoms with Gasteiger partial charge < -0.3 is 47.6 Å². The van der Waals surface area contributed by atoms with Gasteiger partial charge in [0.15, 0.2) is 17.1 Å². The molecule has 0 spiro atoms. The maximum Gasteiger partial charge on any atom is 0.255 e. The first kappa shape index (κ1) is 33.6. The zero-order valence-corrected chi connectivity index (χ0v) is 25.5. The van der Waals surface area contributed by atoms with Gasteiger partial charge in [0.1, 0.15) is 17.1 Å². The summed E-state index contributed by atoms with van der Waals surface area (Å²) >= 11 is 0. The molecule has 11 N–H and O–H groups in total. The van der Waals surface area contributed by atoms with Crippen molar-refractivity contribution in [1.29, 1.82) is 0 Å². The van der Waals surface area contributed by atoms with Crippen LogP contribution in [0.1, 0.15) is 49.0 Å². The first-order chi connectivity index (χ1) is 20.9. The Morgan fingerprint density at radius 2 is 1.73 bits per heavy atom. The van der Waals surface area contributed by atoms with Gasteiger partial charge in [0.2, 0.25) is 17.6 Å². The number of hydrogen-bond acceptors (Lipinski definition) is 12. The van der Waals surface area contributed by atoms with Gasteiger partial charge in [-0.15, -0.1) is 0 Å². The summed E-state index contributed by atoms with van der Waals surface area (Å²) in [5.74, 6) is -11.4. The summed E-state index contributed by atoms with van der Waals surface area (Å²) in [6.07, 6.45) is -1.33. The number of aromatic hydroxyl groups is 1. The molecule has 3 aliphatic carbocycles. The van der Waals surface area contributed by atoms with Crippen LogP contribution in [0.2, 0.25) is 0 Å². The van der Waals surface area contributed by atoms with Crippen LogP contribution < -0.4 is 22.1 Å². The number of nitrogens with zero attached hydrogens (tertiary/aromatic N) is 1. The van der Waals surface area contributed by atoms with Crippen molar-refractivity contribution in [2.75, 3.05) is 26.0 Å². The van der Waals surface area contributed by atoms with Gasteiger partial charge in [-0.1, -0.05) is 26.8 Å². The minimum absolute atomic E-state index is 0.150. The third kappa shape index (κ3) is 5.24. The summed E-state index contributed by atoms with van der Waals surface area (Å²) in [4.78, 5) is 65.7. The average Bonchev–Trinajstić information content (AvgIpc) is 2.94. The Morgan fingerprint density at radius 3 is 2.29 bits per heavy atom. The van der Waals surface area contributed by atoms with Crippen LogP contribution in [-0.2, 0) is 19.2 Å². The van der Waals surface area contributed by atoms with Crippen molar-refractivity contribution in [2.45, 2.75) is 56.9 Å². The highest BCUT2D eigenvalue weighted by atomic mass is 16.4. The number of anilines is 1. The molecule has 45 heavy (non-hydrogen) atoms. The van der Waals surface area contributed by atoms with Crippen LogP contribution in [0.15, 0.2) is 34.8 Å². The van der Waals surface area contributed by atoms with Gasteiger partial charge in [-0.25, -0.2) is 0 Å². The van der Waals surface area contributed by atoms with Crippen LogP contribution in [0.5, 0.6) is 5.75 Å². The van der Waals surface area contributed by atoms with Crippen molar-refractivity contribution < 1.29 is 49.5 Å². The quantitative estimate of drug-likeness (QED) is 0.125. The second kappa shape index (κ2) is 11.9. The number of carbonyl (C=O) groups is 5. The topological polar surface area (TPSA) is 266 Å². The fraction of sp³-hybridized carbons (Fsp3) is 0.500. The summed E-state index contributed by atoms with van der Waals surface area (Å²) < 4.78 is 0. The molecule has 7 unspecified atom stereocenters. The van der Waals surface area contributed by atoms with E-state index in [4.69, 9.17) is 11.5 Å². The molecule has 0 aromatic heterocycles. The molecule has 0 bridgehead atoms. The predicted octanol–water partition coefficient (Wildman–Crippen LogP) is -0.919. The molecule has 0 heterocycles. The summed E-state index contributed by atoms with van der Waals surface area (Å²) in [5, 5.41) is 61.7. The van der Waals surface area contributed by atoms with E-state index in [1.807, 2.05) is 13.8 Å². The maximum absolute atomic E-state index is 13.9.